The van der Waals surface area contributed by atoms with Gasteiger partial charge in [0.2, 0.25) is 11.8 Å². The monoisotopic (exact) mass is 594 g/mol. The van der Waals surface area contributed by atoms with Gasteiger partial charge in [0.25, 0.3) is 11.8 Å². The highest BCUT2D eigenvalue weighted by atomic mass is 16.5. The molecule has 0 saturated carbocycles. The van der Waals surface area contributed by atoms with Crippen molar-refractivity contribution in [1.82, 2.24) is 20.5 Å². The highest BCUT2D eigenvalue weighted by Gasteiger charge is 2.45. The molecule has 4 aromatic rings. The quantitative estimate of drug-likeness (QED) is 0.173. The number of carbonyl (C=O) groups is 4. The Labute approximate surface area is 254 Å². The molecular formula is C34H34N4O6. The molecule has 2 aliphatic heterocycles. The van der Waals surface area contributed by atoms with Crippen LogP contribution in [-0.4, -0.2) is 59.3 Å². The maximum Gasteiger partial charge on any atom is 0.262 e. The summed E-state index contributed by atoms with van der Waals surface area (Å²) in [5.41, 5.74) is 3.31. The van der Waals surface area contributed by atoms with Crippen LogP contribution in [0.25, 0.3) is 11.0 Å². The number of fused-ring (bicyclic) bond motifs is 2. The number of carbonyl (C=O) groups excluding carboxylic acids is 4. The highest BCUT2D eigenvalue weighted by molar-refractivity contribution is 6.24. The van der Waals surface area contributed by atoms with Gasteiger partial charge in [0.15, 0.2) is 0 Å². The SMILES string of the molecule is O=C1CCC(N2C(=O)c3cccc(CCCOCCCCNC(c4cccnc4)c4cc5ccccc5o4)c3C2=O)C(=O)N1. The second-order valence-electron chi connectivity index (χ2n) is 11.1. The van der Waals surface area contributed by atoms with Crippen molar-refractivity contribution in [1.29, 1.82) is 0 Å². The fraction of sp³-hybridized carbons (Fsp3) is 0.324. The molecule has 2 N–H and O–H groups in total. The van der Waals surface area contributed by atoms with Crippen LogP contribution in [0, 0.1) is 0 Å². The fourth-order valence-corrected chi connectivity index (χ4v) is 5.91. The lowest BCUT2D eigenvalue weighted by molar-refractivity contribution is -0.136. The minimum Gasteiger partial charge on any atom is -0.459 e. The molecule has 2 aliphatic rings. The first kappa shape index (κ1) is 29.4. The van der Waals surface area contributed by atoms with E-state index in [1.807, 2.05) is 48.7 Å². The van der Waals surface area contributed by atoms with Gasteiger partial charge in [-0.1, -0.05) is 36.4 Å². The van der Waals surface area contributed by atoms with Crippen molar-refractivity contribution in [3.05, 3.63) is 101 Å². The summed E-state index contributed by atoms with van der Waals surface area (Å²) in [7, 11) is 0. The average Bonchev–Trinajstić information content (AvgIpc) is 3.57. The maximum atomic E-state index is 13.3. The number of rotatable bonds is 13. The van der Waals surface area contributed by atoms with Crippen molar-refractivity contribution in [3.8, 4) is 0 Å². The predicted octanol–water partition coefficient (Wildman–Crippen LogP) is 4.34. The van der Waals surface area contributed by atoms with E-state index in [0.29, 0.717) is 37.2 Å². The molecule has 44 heavy (non-hydrogen) atoms. The van der Waals surface area contributed by atoms with E-state index in [0.717, 1.165) is 52.1 Å². The van der Waals surface area contributed by atoms with E-state index in [9.17, 15) is 19.2 Å². The molecular weight excluding hydrogens is 560 g/mol. The van der Waals surface area contributed by atoms with Gasteiger partial charge < -0.3 is 14.5 Å². The van der Waals surface area contributed by atoms with Crippen LogP contribution in [0.5, 0.6) is 0 Å². The standard InChI is InChI=1S/C34H34N4O6/c39-29-15-14-26(32(40)37-29)38-33(41)25-12-5-9-22(30(25)34(38)42)11-7-19-43-18-4-3-17-36-31(24-10-6-16-35-21-24)28-20-23-8-1-2-13-27(23)44-28/h1-2,5-6,8-10,12-13,16,20-21,26,31,36H,3-4,7,11,14-15,17-19H2,(H,37,39,40). The van der Waals surface area contributed by atoms with Crippen LogP contribution in [0.1, 0.15) is 75.7 Å². The summed E-state index contributed by atoms with van der Waals surface area (Å²) in [5.74, 6) is -1.12. The van der Waals surface area contributed by atoms with Crippen molar-refractivity contribution in [2.45, 2.75) is 50.6 Å². The first-order valence-corrected chi connectivity index (χ1v) is 15.0. The molecule has 1 fully saturated rings. The zero-order chi connectivity index (χ0) is 30.5. The van der Waals surface area contributed by atoms with E-state index in [1.165, 1.54) is 0 Å². The Kier molecular flexibility index (Phi) is 8.90. The summed E-state index contributed by atoms with van der Waals surface area (Å²) in [6, 6.07) is 18.1. The largest absolute Gasteiger partial charge is 0.459 e. The number of hydrogen-bond donors (Lipinski definition) is 2. The van der Waals surface area contributed by atoms with E-state index in [-0.39, 0.29) is 18.9 Å². The first-order chi connectivity index (χ1) is 21.5. The van der Waals surface area contributed by atoms with Crippen molar-refractivity contribution >= 4 is 34.6 Å². The number of hydrogen-bond acceptors (Lipinski definition) is 8. The number of amides is 4. The molecule has 0 spiro atoms. The minimum atomic E-state index is -0.968. The molecule has 1 saturated heterocycles. The molecule has 10 heteroatoms. The first-order valence-electron chi connectivity index (χ1n) is 15.0. The van der Waals surface area contributed by atoms with Crippen LogP contribution in [-0.2, 0) is 20.7 Å². The zero-order valence-electron chi connectivity index (χ0n) is 24.3. The minimum absolute atomic E-state index is 0.0937. The lowest BCUT2D eigenvalue weighted by Gasteiger charge is -2.27. The summed E-state index contributed by atoms with van der Waals surface area (Å²) < 4.78 is 12.0. The van der Waals surface area contributed by atoms with Gasteiger partial charge in [-0.25, -0.2) is 0 Å². The molecule has 4 amide bonds. The van der Waals surface area contributed by atoms with Gasteiger partial charge in [0.1, 0.15) is 17.4 Å². The fourth-order valence-electron chi connectivity index (χ4n) is 5.91. The van der Waals surface area contributed by atoms with E-state index in [4.69, 9.17) is 9.15 Å². The van der Waals surface area contributed by atoms with Gasteiger partial charge >= 0.3 is 0 Å². The number of imide groups is 2. The molecule has 10 nitrogen and oxygen atoms in total. The number of ether oxygens (including phenoxy) is 1. The maximum absolute atomic E-state index is 13.3. The second kappa shape index (κ2) is 13.3. The molecule has 0 aliphatic carbocycles. The van der Waals surface area contributed by atoms with Crippen LogP contribution in [0.3, 0.4) is 0 Å². The van der Waals surface area contributed by atoms with Crippen molar-refractivity contribution in [3.63, 3.8) is 0 Å². The van der Waals surface area contributed by atoms with Crippen molar-refractivity contribution in [2.75, 3.05) is 19.8 Å². The normalized spacial score (nSPS) is 17.3. The van der Waals surface area contributed by atoms with Gasteiger partial charge in [-0.3, -0.25) is 34.4 Å². The number of para-hydroxylation sites is 1. The van der Waals surface area contributed by atoms with Gasteiger partial charge in [-0.15, -0.1) is 0 Å². The molecule has 226 valence electrons. The number of aryl methyl sites for hydroxylation is 1. The Morgan fingerprint density at radius 2 is 1.84 bits per heavy atom. The van der Waals surface area contributed by atoms with E-state index >= 15 is 0 Å². The summed E-state index contributed by atoms with van der Waals surface area (Å²) in [6.45, 7) is 1.90. The van der Waals surface area contributed by atoms with E-state index < -0.39 is 29.7 Å². The number of piperidine rings is 1. The summed E-state index contributed by atoms with van der Waals surface area (Å²) in [5, 5.41) is 6.90. The molecule has 2 atom stereocenters. The predicted molar refractivity (Wildman–Crippen MR) is 162 cm³/mol. The van der Waals surface area contributed by atoms with Crippen LogP contribution < -0.4 is 10.6 Å². The third-order valence-corrected chi connectivity index (χ3v) is 8.10. The third kappa shape index (κ3) is 6.17. The Morgan fingerprint density at radius 1 is 0.977 bits per heavy atom. The summed E-state index contributed by atoms with van der Waals surface area (Å²) in [4.78, 5) is 55.5. The van der Waals surface area contributed by atoms with E-state index in [2.05, 4.69) is 21.7 Å². The third-order valence-electron chi connectivity index (χ3n) is 8.10. The summed E-state index contributed by atoms with van der Waals surface area (Å²) >= 11 is 0. The number of pyridine rings is 1. The molecule has 6 rings (SSSR count). The Hall–Kier alpha value is -4.67. The van der Waals surface area contributed by atoms with Gasteiger partial charge in [-0.05, 0) is 74.0 Å². The molecule has 4 heterocycles. The Balaban J connectivity index is 0.955. The van der Waals surface area contributed by atoms with Crippen molar-refractivity contribution in [2.24, 2.45) is 0 Å². The number of benzene rings is 2. The number of unbranched alkanes of at least 4 members (excludes halogenated alkanes) is 1. The molecule has 0 bridgehead atoms. The zero-order valence-corrected chi connectivity index (χ0v) is 24.3. The lowest BCUT2D eigenvalue weighted by Crippen LogP contribution is -2.54. The van der Waals surface area contributed by atoms with Crippen LogP contribution in [0.15, 0.2) is 77.5 Å². The number of nitrogens with one attached hydrogen (secondary N) is 2. The molecule has 2 aromatic carbocycles. The molecule has 0 radical (unpaired) electrons. The van der Waals surface area contributed by atoms with Crippen LogP contribution >= 0.6 is 0 Å². The summed E-state index contributed by atoms with van der Waals surface area (Å²) in [6.07, 6.45) is 6.88. The number of nitrogens with zero attached hydrogens (tertiary/aromatic N) is 2. The highest BCUT2D eigenvalue weighted by Crippen LogP contribution is 2.31. The van der Waals surface area contributed by atoms with Gasteiger partial charge in [0.05, 0.1) is 17.2 Å². The smallest absolute Gasteiger partial charge is 0.262 e. The van der Waals surface area contributed by atoms with E-state index in [1.54, 1.807) is 18.3 Å². The van der Waals surface area contributed by atoms with Gasteiger partial charge in [-0.2, -0.15) is 0 Å². The van der Waals surface area contributed by atoms with Crippen LogP contribution in [0.2, 0.25) is 0 Å². The molecule has 2 unspecified atom stereocenters. The number of furan rings is 1. The molecule has 2 aromatic heterocycles. The van der Waals surface area contributed by atoms with Crippen LogP contribution in [0.4, 0.5) is 0 Å². The Morgan fingerprint density at radius 3 is 2.66 bits per heavy atom. The average molecular weight is 595 g/mol. The topological polar surface area (TPSA) is 131 Å². The van der Waals surface area contributed by atoms with Gasteiger partial charge in [0, 0.05) is 37.4 Å². The second-order valence-corrected chi connectivity index (χ2v) is 11.1. The lowest BCUT2D eigenvalue weighted by atomic mass is 9.99. The Bertz CT molecular complexity index is 1650. The van der Waals surface area contributed by atoms with Crippen molar-refractivity contribution < 1.29 is 28.3 Å². The number of aromatic nitrogens is 1.